The maximum atomic E-state index is 5.62. The first-order valence-corrected chi connectivity index (χ1v) is 6.57. The number of rotatable bonds is 4. The van der Waals surface area contributed by atoms with E-state index in [1.807, 2.05) is 0 Å². The summed E-state index contributed by atoms with van der Waals surface area (Å²) in [5.41, 5.74) is 8.14. The van der Waals surface area contributed by atoms with Gasteiger partial charge in [0.1, 0.15) is 0 Å². The van der Waals surface area contributed by atoms with Crippen LogP contribution < -0.4 is 5.73 Å². The molecule has 0 bridgehead atoms. The highest BCUT2D eigenvalue weighted by Gasteiger charge is 2.03. The van der Waals surface area contributed by atoms with E-state index in [-0.39, 0.29) is 0 Å². The van der Waals surface area contributed by atoms with Crippen LogP contribution in [0.5, 0.6) is 0 Å². The summed E-state index contributed by atoms with van der Waals surface area (Å²) in [6, 6.07) is 6.58. The van der Waals surface area contributed by atoms with Gasteiger partial charge in [0.25, 0.3) is 0 Å². The van der Waals surface area contributed by atoms with Crippen molar-refractivity contribution in [3.63, 3.8) is 0 Å². The molecule has 2 N–H and O–H groups in total. The molecule has 2 nitrogen and oxygen atoms in total. The van der Waals surface area contributed by atoms with E-state index in [0.29, 0.717) is 5.92 Å². The Morgan fingerprint density at radius 2 is 2.25 bits per heavy atom. The Labute approximate surface area is 101 Å². The predicted octanol–water partition coefficient (Wildman–Crippen LogP) is 3.13. The fraction of sp³-hybridized carbons (Fsp3) is 0.462. The molecule has 1 aromatic carbocycles. The average Bonchev–Trinajstić information content (AvgIpc) is 2.65. The van der Waals surface area contributed by atoms with Gasteiger partial charge in [-0.2, -0.15) is 0 Å². The smallest absolute Gasteiger partial charge is 0.0907 e. The van der Waals surface area contributed by atoms with Crippen LogP contribution in [0.25, 0.3) is 10.2 Å². The van der Waals surface area contributed by atoms with Gasteiger partial charge >= 0.3 is 0 Å². The fourth-order valence-electron chi connectivity index (χ4n) is 1.77. The minimum absolute atomic E-state index is 0.610. The third-order valence-corrected chi connectivity index (χ3v) is 3.82. The lowest BCUT2D eigenvalue weighted by Crippen LogP contribution is -2.11. The molecule has 0 spiro atoms. The van der Waals surface area contributed by atoms with Crippen LogP contribution in [0.15, 0.2) is 18.2 Å². The molecule has 1 aromatic heterocycles. The summed E-state index contributed by atoms with van der Waals surface area (Å²) in [7, 11) is 0. The minimum atomic E-state index is 0.610. The van der Waals surface area contributed by atoms with Gasteiger partial charge in [-0.15, -0.1) is 11.3 Å². The average molecular weight is 234 g/mol. The van der Waals surface area contributed by atoms with Crippen LogP contribution in [0, 0.1) is 12.8 Å². The summed E-state index contributed by atoms with van der Waals surface area (Å²) >= 11 is 1.77. The van der Waals surface area contributed by atoms with E-state index >= 15 is 0 Å². The molecular weight excluding hydrogens is 216 g/mol. The molecule has 1 unspecified atom stereocenters. The summed E-state index contributed by atoms with van der Waals surface area (Å²) in [6.45, 7) is 5.04. The predicted molar refractivity (Wildman–Crippen MR) is 70.9 cm³/mol. The van der Waals surface area contributed by atoms with Crippen molar-refractivity contribution >= 4 is 21.6 Å². The lowest BCUT2D eigenvalue weighted by Gasteiger charge is -2.07. The first-order chi connectivity index (χ1) is 7.69. The van der Waals surface area contributed by atoms with E-state index in [1.165, 1.54) is 16.7 Å². The monoisotopic (exact) mass is 234 g/mol. The number of benzene rings is 1. The summed E-state index contributed by atoms with van der Waals surface area (Å²) < 4.78 is 1.30. The van der Waals surface area contributed by atoms with Crippen molar-refractivity contribution in [3.05, 3.63) is 28.8 Å². The first-order valence-electron chi connectivity index (χ1n) is 5.75. The second-order valence-electron chi connectivity index (χ2n) is 4.41. The Bertz CT molecular complexity index is 476. The summed E-state index contributed by atoms with van der Waals surface area (Å²) in [5, 5.41) is 1.14. The van der Waals surface area contributed by atoms with Crippen LogP contribution in [0.3, 0.4) is 0 Å². The molecule has 0 aliphatic carbocycles. The number of fused-ring (bicyclic) bond motifs is 1. The van der Waals surface area contributed by atoms with Gasteiger partial charge in [-0.05, 0) is 49.9 Å². The standard InChI is InChI=1S/C13H18N2S/c1-9(8-14)3-4-11-5-6-12-13(7-11)16-10(2)15-12/h5-7,9H,3-4,8,14H2,1-2H3. The second kappa shape index (κ2) is 4.93. The Kier molecular flexibility index (Phi) is 3.56. The van der Waals surface area contributed by atoms with Gasteiger partial charge in [0.05, 0.1) is 15.2 Å². The molecule has 0 saturated heterocycles. The Morgan fingerprint density at radius 3 is 3.00 bits per heavy atom. The van der Waals surface area contributed by atoms with Crippen molar-refractivity contribution in [1.82, 2.24) is 4.98 Å². The maximum Gasteiger partial charge on any atom is 0.0907 e. The quantitative estimate of drug-likeness (QED) is 0.882. The number of nitrogens with two attached hydrogens (primary N) is 1. The van der Waals surface area contributed by atoms with E-state index in [4.69, 9.17) is 5.73 Å². The molecule has 2 aromatic rings. The van der Waals surface area contributed by atoms with Crippen molar-refractivity contribution in [2.75, 3.05) is 6.54 Å². The van der Waals surface area contributed by atoms with Crippen molar-refractivity contribution in [3.8, 4) is 0 Å². The maximum absolute atomic E-state index is 5.62. The van der Waals surface area contributed by atoms with Crippen LogP contribution in [0.4, 0.5) is 0 Å². The van der Waals surface area contributed by atoms with Crippen LogP contribution in [-0.4, -0.2) is 11.5 Å². The zero-order valence-corrected chi connectivity index (χ0v) is 10.7. The van der Waals surface area contributed by atoms with Crippen molar-refractivity contribution in [2.45, 2.75) is 26.7 Å². The molecule has 2 rings (SSSR count). The van der Waals surface area contributed by atoms with Gasteiger partial charge in [-0.25, -0.2) is 4.98 Å². The lowest BCUT2D eigenvalue weighted by atomic mass is 10.0. The van der Waals surface area contributed by atoms with Crippen molar-refractivity contribution in [1.29, 1.82) is 0 Å². The number of thiazole rings is 1. The number of aromatic nitrogens is 1. The highest BCUT2D eigenvalue weighted by atomic mass is 32.1. The van der Waals surface area contributed by atoms with Gasteiger partial charge in [0.2, 0.25) is 0 Å². The van der Waals surface area contributed by atoms with E-state index in [2.05, 4.69) is 37.0 Å². The van der Waals surface area contributed by atoms with E-state index < -0.39 is 0 Å². The zero-order valence-electron chi connectivity index (χ0n) is 9.86. The number of nitrogens with zero attached hydrogens (tertiary/aromatic N) is 1. The SMILES string of the molecule is Cc1nc2ccc(CCC(C)CN)cc2s1. The molecule has 16 heavy (non-hydrogen) atoms. The molecule has 3 heteroatoms. The van der Waals surface area contributed by atoms with Crippen LogP contribution in [0.2, 0.25) is 0 Å². The zero-order chi connectivity index (χ0) is 11.5. The number of hydrogen-bond acceptors (Lipinski definition) is 3. The van der Waals surface area contributed by atoms with E-state index in [9.17, 15) is 0 Å². The molecular formula is C13H18N2S. The summed E-state index contributed by atoms with van der Waals surface area (Å²) in [6.07, 6.45) is 2.28. The van der Waals surface area contributed by atoms with Gasteiger partial charge in [0.15, 0.2) is 0 Å². The van der Waals surface area contributed by atoms with Crippen LogP contribution >= 0.6 is 11.3 Å². The third kappa shape index (κ3) is 2.60. The molecule has 1 heterocycles. The van der Waals surface area contributed by atoms with Crippen LogP contribution in [-0.2, 0) is 6.42 Å². The molecule has 0 fully saturated rings. The Hall–Kier alpha value is -0.930. The van der Waals surface area contributed by atoms with E-state index in [1.54, 1.807) is 11.3 Å². The summed E-state index contributed by atoms with van der Waals surface area (Å²) in [4.78, 5) is 4.46. The summed E-state index contributed by atoms with van der Waals surface area (Å²) in [5.74, 6) is 0.610. The second-order valence-corrected chi connectivity index (χ2v) is 5.65. The van der Waals surface area contributed by atoms with Gasteiger partial charge in [-0.1, -0.05) is 13.0 Å². The third-order valence-electron chi connectivity index (χ3n) is 2.89. The lowest BCUT2D eigenvalue weighted by molar-refractivity contribution is 0.545. The molecule has 0 aliphatic heterocycles. The molecule has 0 radical (unpaired) electrons. The number of hydrogen-bond donors (Lipinski definition) is 1. The minimum Gasteiger partial charge on any atom is -0.330 e. The highest BCUT2D eigenvalue weighted by Crippen LogP contribution is 2.23. The van der Waals surface area contributed by atoms with Crippen molar-refractivity contribution < 1.29 is 0 Å². The topological polar surface area (TPSA) is 38.9 Å². The highest BCUT2D eigenvalue weighted by molar-refractivity contribution is 7.18. The molecule has 0 aliphatic rings. The fourth-order valence-corrected chi connectivity index (χ4v) is 2.66. The largest absolute Gasteiger partial charge is 0.330 e. The molecule has 86 valence electrons. The first kappa shape index (κ1) is 11.6. The van der Waals surface area contributed by atoms with Gasteiger partial charge < -0.3 is 5.73 Å². The van der Waals surface area contributed by atoms with Gasteiger partial charge in [-0.3, -0.25) is 0 Å². The van der Waals surface area contributed by atoms with E-state index in [0.717, 1.165) is 23.5 Å². The Morgan fingerprint density at radius 1 is 1.44 bits per heavy atom. The Balaban J connectivity index is 2.13. The van der Waals surface area contributed by atoms with Crippen molar-refractivity contribution in [2.24, 2.45) is 11.7 Å². The number of aryl methyl sites for hydroxylation is 2. The molecule has 0 amide bonds. The van der Waals surface area contributed by atoms with Crippen LogP contribution in [0.1, 0.15) is 23.9 Å². The normalized spacial score (nSPS) is 13.2. The molecule has 0 saturated carbocycles. The van der Waals surface area contributed by atoms with Gasteiger partial charge in [0, 0.05) is 0 Å². The molecule has 1 atom stereocenters.